The van der Waals surface area contributed by atoms with Crippen molar-refractivity contribution in [1.82, 2.24) is 9.80 Å². The van der Waals surface area contributed by atoms with E-state index in [1.165, 1.54) is 21.9 Å². The molecular weight excluding hydrogens is 473 g/mol. The van der Waals surface area contributed by atoms with Crippen LogP contribution in [0.25, 0.3) is 0 Å². The molecule has 0 saturated heterocycles. The molecule has 1 aliphatic heterocycles. The lowest BCUT2D eigenvalue weighted by molar-refractivity contribution is -0.137. The topological polar surface area (TPSA) is 40.6 Å². The summed E-state index contributed by atoms with van der Waals surface area (Å²) in [6, 6.07) is 15.8. The average Bonchev–Trinajstić information content (AvgIpc) is 3.29. The Morgan fingerprint density at radius 3 is 2.40 bits per heavy atom. The van der Waals surface area contributed by atoms with Crippen LogP contribution >= 0.6 is 11.3 Å². The number of amides is 2. The van der Waals surface area contributed by atoms with Crippen molar-refractivity contribution < 1.29 is 22.8 Å². The van der Waals surface area contributed by atoms with Gasteiger partial charge in [-0.3, -0.25) is 9.59 Å². The Bertz CT molecular complexity index is 1210. The van der Waals surface area contributed by atoms with Crippen LogP contribution in [0.5, 0.6) is 0 Å². The molecule has 0 bridgehead atoms. The van der Waals surface area contributed by atoms with Gasteiger partial charge in [-0.1, -0.05) is 36.4 Å². The van der Waals surface area contributed by atoms with Crippen LogP contribution in [-0.2, 0) is 17.4 Å². The number of hydrogen-bond donors (Lipinski definition) is 0. The van der Waals surface area contributed by atoms with Gasteiger partial charge in [-0.25, -0.2) is 0 Å². The maximum absolute atomic E-state index is 13.7. The van der Waals surface area contributed by atoms with Gasteiger partial charge in [0, 0.05) is 22.5 Å². The van der Waals surface area contributed by atoms with E-state index in [-0.39, 0.29) is 24.1 Å². The first kappa shape index (κ1) is 25.0. The third-order valence-electron chi connectivity index (χ3n) is 6.19. The molecule has 0 fully saturated rings. The summed E-state index contributed by atoms with van der Waals surface area (Å²) in [4.78, 5) is 31.4. The van der Waals surface area contributed by atoms with E-state index in [0.29, 0.717) is 6.54 Å². The summed E-state index contributed by atoms with van der Waals surface area (Å²) in [6.07, 6.45) is -3.84. The van der Waals surface area contributed by atoms with Crippen LogP contribution in [0, 0.1) is 0 Å². The molecule has 35 heavy (non-hydrogen) atoms. The van der Waals surface area contributed by atoms with E-state index in [4.69, 9.17) is 0 Å². The van der Waals surface area contributed by atoms with Gasteiger partial charge in [-0.2, -0.15) is 13.2 Å². The highest BCUT2D eigenvalue weighted by molar-refractivity contribution is 7.10. The van der Waals surface area contributed by atoms with Crippen molar-refractivity contribution in [2.45, 2.75) is 44.9 Å². The first-order valence-electron chi connectivity index (χ1n) is 11.4. The van der Waals surface area contributed by atoms with Gasteiger partial charge in [-0.15, -0.1) is 11.3 Å². The molecule has 1 atom stereocenters. The van der Waals surface area contributed by atoms with E-state index in [9.17, 15) is 22.8 Å². The third-order valence-corrected chi connectivity index (χ3v) is 7.18. The molecule has 1 aromatic heterocycles. The fourth-order valence-corrected chi connectivity index (χ4v) is 5.31. The van der Waals surface area contributed by atoms with Crippen molar-refractivity contribution in [3.8, 4) is 0 Å². The second-order valence-corrected chi connectivity index (χ2v) is 10.6. The lowest BCUT2D eigenvalue weighted by Gasteiger charge is -2.40. The second-order valence-electron chi connectivity index (χ2n) is 9.59. The zero-order chi connectivity index (χ0) is 25.4. The SMILES string of the molecule is CC(C)(C)N(CC(=O)N1CCc2sccc2C1c1ccccc1)C(=O)c1cccc(C(F)(F)F)c1. The summed E-state index contributed by atoms with van der Waals surface area (Å²) in [7, 11) is 0. The predicted octanol–water partition coefficient (Wildman–Crippen LogP) is 6.18. The number of nitrogens with zero attached hydrogens (tertiary/aromatic N) is 2. The lowest BCUT2D eigenvalue weighted by atomic mass is 9.93. The molecule has 0 aliphatic carbocycles. The van der Waals surface area contributed by atoms with Crippen molar-refractivity contribution in [3.05, 3.63) is 93.2 Å². The Labute approximate surface area is 207 Å². The van der Waals surface area contributed by atoms with Crippen LogP contribution in [0.15, 0.2) is 66.0 Å². The molecule has 0 saturated carbocycles. The highest BCUT2D eigenvalue weighted by Crippen LogP contribution is 2.38. The minimum Gasteiger partial charge on any atom is -0.330 e. The quantitative estimate of drug-likeness (QED) is 0.429. The van der Waals surface area contributed by atoms with Gasteiger partial charge in [0.25, 0.3) is 5.91 Å². The van der Waals surface area contributed by atoms with E-state index >= 15 is 0 Å². The standard InChI is InChI=1S/C27H27F3N2O2S/c1-26(2,3)32(25(34)19-10-7-11-20(16-19)27(28,29)30)17-23(33)31-14-12-22-21(13-15-35-22)24(31)18-8-5-4-6-9-18/h4-11,13,15-16,24H,12,14,17H2,1-3H3. The second kappa shape index (κ2) is 9.49. The molecule has 8 heteroatoms. The Kier molecular flexibility index (Phi) is 6.77. The van der Waals surface area contributed by atoms with E-state index in [1.54, 1.807) is 37.0 Å². The summed E-state index contributed by atoms with van der Waals surface area (Å²) >= 11 is 1.67. The average molecular weight is 501 g/mol. The fourth-order valence-electron chi connectivity index (χ4n) is 4.40. The van der Waals surface area contributed by atoms with Crippen LogP contribution in [0.4, 0.5) is 13.2 Å². The first-order valence-corrected chi connectivity index (χ1v) is 12.2. The molecule has 1 aliphatic rings. The number of benzene rings is 2. The van der Waals surface area contributed by atoms with Crippen LogP contribution in [0.1, 0.15) is 58.7 Å². The normalized spacial score (nSPS) is 16.1. The summed E-state index contributed by atoms with van der Waals surface area (Å²) < 4.78 is 39.7. The molecule has 2 aromatic carbocycles. The molecule has 0 radical (unpaired) electrons. The van der Waals surface area contributed by atoms with Crippen LogP contribution in [-0.4, -0.2) is 40.2 Å². The number of halogens is 3. The first-order chi connectivity index (χ1) is 16.5. The zero-order valence-corrected chi connectivity index (χ0v) is 20.6. The highest BCUT2D eigenvalue weighted by atomic mass is 32.1. The number of fused-ring (bicyclic) bond motifs is 1. The van der Waals surface area contributed by atoms with Gasteiger partial charge in [0.05, 0.1) is 11.6 Å². The molecule has 2 amide bonds. The van der Waals surface area contributed by atoms with Gasteiger partial charge in [0.15, 0.2) is 0 Å². The smallest absolute Gasteiger partial charge is 0.330 e. The minimum atomic E-state index is -4.56. The summed E-state index contributed by atoms with van der Waals surface area (Å²) in [5, 5.41) is 2.02. The number of alkyl halides is 3. The Morgan fingerprint density at radius 2 is 1.74 bits per heavy atom. The molecule has 4 rings (SSSR count). The monoisotopic (exact) mass is 500 g/mol. The van der Waals surface area contributed by atoms with E-state index in [1.807, 2.05) is 41.8 Å². The molecule has 3 aromatic rings. The molecule has 0 spiro atoms. The molecule has 4 nitrogen and oxygen atoms in total. The molecule has 0 N–H and O–H groups in total. The number of thiophene rings is 1. The van der Waals surface area contributed by atoms with Crippen LogP contribution < -0.4 is 0 Å². The number of hydrogen-bond acceptors (Lipinski definition) is 3. The van der Waals surface area contributed by atoms with Gasteiger partial charge < -0.3 is 9.80 Å². The summed E-state index contributed by atoms with van der Waals surface area (Å²) in [5.74, 6) is -0.854. The Balaban J connectivity index is 1.65. The molecule has 184 valence electrons. The van der Waals surface area contributed by atoms with Crippen molar-refractivity contribution in [1.29, 1.82) is 0 Å². The minimum absolute atomic E-state index is 0.0964. The molecular formula is C27H27F3N2O2S. The Hall–Kier alpha value is -3.13. The van der Waals surface area contributed by atoms with Gasteiger partial charge in [0.2, 0.25) is 5.91 Å². The lowest BCUT2D eigenvalue weighted by Crippen LogP contribution is -2.52. The maximum Gasteiger partial charge on any atom is 0.416 e. The van der Waals surface area contributed by atoms with Gasteiger partial charge in [-0.05, 0) is 68.0 Å². The number of carbonyl (C=O) groups is 2. The summed E-state index contributed by atoms with van der Waals surface area (Å²) in [5.41, 5.74) is 0.278. The predicted molar refractivity (Wildman–Crippen MR) is 130 cm³/mol. The highest BCUT2D eigenvalue weighted by Gasteiger charge is 2.37. The maximum atomic E-state index is 13.7. The zero-order valence-electron chi connectivity index (χ0n) is 19.8. The molecule has 1 unspecified atom stereocenters. The largest absolute Gasteiger partial charge is 0.416 e. The van der Waals surface area contributed by atoms with Crippen LogP contribution in [0.3, 0.4) is 0 Å². The Morgan fingerprint density at radius 1 is 1.03 bits per heavy atom. The number of rotatable bonds is 4. The van der Waals surface area contributed by atoms with E-state index in [0.717, 1.165) is 29.7 Å². The van der Waals surface area contributed by atoms with E-state index in [2.05, 4.69) is 0 Å². The van der Waals surface area contributed by atoms with Gasteiger partial charge in [0.1, 0.15) is 6.54 Å². The van der Waals surface area contributed by atoms with Crippen molar-refractivity contribution in [2.24, 2.45) is 0 Å². The summed E-state index contributed by atoms with van der Waals surface area (Å²) in [6.45, 7) is 5.58. The number of carbonyl (C=O) groups excluding carboxylic acids is 2. The van der Waals surface area contributed by atoms with Crippen molar-refractivity contribution in [2.75, 3.05) is 13.1 Å². The molecule has 2 heterocycles. The fraction of sp³-hybridized carbons (Fsp3) is 0.333. The third kappa shape index (κ3) is 5.27. The van der Waals surface area contributed by atoms with E-state index < -0.39 is 23.2 Å². The van der Waals surface area contributed by atoms with Gasteiger partial charge >= 0.3 is 6.18 Å². The van der Waals surface area contributed by atoms with Crippen LogP contribution in [0.2, 0.25) is 0 Å². The van der Waals surface area contributed by atoms with Crippen molar-refractivity contribution >= 4 is 23.2 Å². The van der Waals surface area contributed by atoms with Crippen molar-refractivity contribution in [3.63, 3.8) is 0 Å².